The first-order valence-electron chi connectivity index (χ1n) is 5.21. The molecule has 1 rings (SSSR count). The summed E-state index contributed by atoms with van der Waals surface area (Å²) in [5, 5.41) is 3.25. The van der Waals surface area contributed by atoms with Crippen molar-refractivity contribution in [1.82, 2.24) is 5.32 Å². The molecule has 0 amide bonds. The second kappa shape index (κ2) is 4.51. The third-order valence-electron chi connectivity index (χ3n) is 3.07. The smallest absolute Gasteiger partial charge is 0.0520 e. The molecule has 5 N–H and O–H groups in total. The van der Waals surface area contributed by atoms with Crippen LogP contribution in [0.25, 0.3) is 0 Å². The summed E-state index contributed by atoms with van der Waals surface area (Å²) in [5.74, 6) is 0.340. The highest BCUT2D eigenvalue weighted by Crippen LogP contribution is 2.34. The van der Waals surface area contributed by atoms with E-state index in [9.17, 15) is 0 Å². The largest absolute Gasteiger partial charge is 0.401 e. The lowest BCUT2D eigenvalue weighted by Crippen LogP contribution is -2.37. The highest BCUT2D eigenvalue weighted by Gasteiger charge is 2.29. The number of nitrogens with one attached hydrogen (secondary N) is 1. The highest BCUT2D eigenvalue weighted by molar-refractivity contribution is 5.25. The molecule has 80 valence electrons. The van der Waals surface area contributed by atoms with Crippen molar-refractivity contribution in [2.45, 2.75) is 32.2 Å². The van der Waals surface area contributed by atoms with Gasteiger partial charge in [0.05, 0.1) is 6.04 Å². The van der Waals surface area contributed by atoms with Crippen molar-refractivity contribution in [3.8, 4) is 0 Å². The molecule has 14 heavy (non-hydrogen) atoms. The Morgan fingerprint density at radius 2 is 2.36 bits per heavy atom. The average Bonchev–Trinajstić information content (AvgIpc) is 2.58. The maximum Gasteiger partial charge on any atom is 0.0520 e. The van der Waals surface area contributed by atoms with Crippen molar-refractivity contribution < 1.29 is 0 Å². The predicted octanol–water partition coefficient (Wildman–Crippen LogP) is 1.08. The lowest BCUT2D eigenvalue weighted by Gasteiger charge is -2.22. The molecule has 0 aromatic carbocycles. The van der Waals surface area contributed by atoms with Gasteiger partial charge in [-0.3, -0.25) is 0 Å². The molecule has 3 nitrogen and oxygen atoms in total. The third-order valence-corrected chi connectivity index (χ3v) is 3.07. The Labute approximate surface area is 86.2 Å². The van der Waals surface area contributed by atoms with Gasteiger partial charge < -0.3 is 16.8 Å². The molecule has 2 unspecified atom stereocenters. The third kappa shape index (κ3) is 1.93. The molecule has 0 aromatic rings. The SMILES string of the molecule is C=C(N)C(N)C1CCC(CC)=C1NC. The van der Waals surface area contributed by atoms with Gasteiger partial charge in [0.25, 0.3) is 0 Å². The number of allylic oxidation sites excluding steroid dienone is 1. The zero-order chi connectivity index (χ0) is 10.7. The van der Waals surface area contributed by atoms with Gasteiger partial charge in [-0.05, 0) is 19.3 Å². The molecule has 0 aromatic heterocycles. The van der Waals surface area contributed by atoms with Gasteiger partial charge in [-0.1, -0.05) is 19.1 Å². The molecule has 1 aliphatic rings. The van der Waals surface area contributed by atoms with Crippen molar-refractivity contribution in [3.05, 3.63) is 23.5 Å². The molecule has 1 aliphatic carbocycles. The maximum absolute atomic E-state index is 6.01. The van der Waals surface area contributed by atoms with E-state index in [0.29, 0.717) is 11.6 Å². The van der Waals surface area contributed by atoms with Crippen LogP contribution >= 0.6 is 0 Å². The quantitative estimate of drug-likeness (QED) is 0.629. The maximum atomic E-state index is 6.01. The summed E-state index contributed by atoms with van der Waals surface area (Å²) >= 11 is 0. The number of hydrogen-bond acceptors (Lipinski definition) is 3. The molecule has 0 aliphatic heterocycles. The Bertz CT molecular complexity index is 255. The normalized spacial score (nSPS) is 23.8. The van der Waals surface area contributed by atoms with E-state index in [1.165, 1.54) is 11.3 Å². The summed E-state index contributed by atoms with van der Waals surface area (Å²) in [6.07, 6.45) is 3.32. The van der Waals surface area contributed by atoms with Crippen molar-refractivity contribution in [2.75, 3.05) is 7.05 Å². The van der Waals surface area contributed by atoms with Gasteiger partial charge >= 0.3 is 0 Å². The van der Waals surface area contributed by atoms with Crippen LogP contribution in [0.4, 0.5) is 0 Å². The monoisotopic (exact) mass is 195 g/mol. The average molecular weight is 195 g/mol. The van der Waals surface area contributed by atoms with E-state index in [1.54, 1.807) is 0 Å². The molecular formula is C11H21N3. The van der Waals surface area contributed by atoms with Crippen LogP contribution in [0.1, 0.15) is 26.2 Å². The van der Waals surface area contributed by atoms with E-state index in [0.717, 1.165) is 19.3 Å². The molecule has 0 radical (unpaired) electrons. The zero-order valence-corrected chi connectivity index (χ0v) is 9.14. The summed E-state index contributed by atoms with van der Waals surface area (Å²) in [6, 6.07) is -0.110. The fraction of sp³-hybridized carbons (Fsp3) is 0.636. The number of hydrogen-bond donors (Lipinski definition) is 3. The molecule has 0 spiro atoms. The molecule has 0 saturated heterocycles. The molecule has 0 fully saturated rings. The lowest BCUT2D eigenvalue weighted by molar-refractivity contribution is 0.500. The number of rotatable bonds is 4. The highest BCUT2D eigenvalue weighted by atomic mass is 14.9. The van der Waals surface area contributed by atoms with Crippen LogP contribution in [0.3, 0.4) is 0 Å². The van der Waals surface area contributed by atoms with Crippen LogP contribution < -0.4 is 16.8 Å². The molecule has 2 atom stereocenters. The zero-order valence-electron chi connectivity index (χ0n) is 9.14. The van der Waals surface area contributed by atoms with Crippen LogP contribution in [0.15, 0.2) is 23.5 Å². The minimum absolute atomic E-state index is 0.110. The minimum atomic E-state index is -0.110. The lowest BCUT2D eigenvalue weighted by atomic mass is 9.95. The first-order valence-corrected chi connectivity index (χ1v) is 5.21. The minimum Gasteiger partial charge on any atom is -0.401 e. The standard InChI is InChI=1S/C11H21N3/c1-4-8-5-6-9(11(8)14-3)10(13)7(2)12/h9-10,14H,2,4-6,12-13H2,1,3H3. The topological polar surface area (TPSA) is 64.1 Å². The predicted molar refractivity (Wildman–Crippen MR) is 60.4 cm³/mol. The van der Waals surface area contributed by atoms with Crippen LogP contribution in [0.5, 0.6) is 0 Å². The first-order chi connectivity index (χ1) is 6.61. The fourth-order valence-corrected chi connectivity index (χ4v) is 2.22. The Kier molecular flexibility index (Phi) is 3.58. The van der Waals surface area contributed by atoms with Gasteiger partial charge in [-0.15, -0.1) is 0 Å². The summed E-state index contributed by atoms with van der Waals surface area (Å²) < 4.78 is 0. The van der Waals surface area contributed by atoms with Crippen molar-refractivity contribution in [1.29, 1.82) is 0 Å². The summed E-state index contributed by atoms with van der Waals surface area (Å²) in [5.41, 5.74) is 15.0. The molecule has 0 saturated carbocycles. The van der Waals surface area contributed by atoms with Crippen LogP contribution in [-0.4, -0.2) is 13.1 Å². The summed E-state index contributed by atoms with van der Waals surface area (Å²) in [7, 11) is 1.95. The van der Waals surface area contributed by atoms with E-state index in [-0.39, 0.29) is 6.04 Å². The Balaban J connectivity index is 2.83. The Morgan fingerprint density at radius 1 is 1.71 bits per heavy atom. The van der Waals surface area contributed by atoms with Gasteiger partial charge in [0.1, 0.15) is 0 Å². The van der Waals surface area contributed by atoms with Crippen molar-refractivity contribution in [2.24, 2.45) is 17.4 Å². The van der Waals surface area contributed by atoms with Gasteiger partial charge in [0.2, 0.25) is 0 Å². The first kappa shape index (κ1) is 11.1. The Hall–Kier alpha value is -0.960. The van der Waals surface area contributed by atoms with Crippen molar-refractivity contribution >= 4 is 0 Å². The van der Waals surface area contributed by atoms with E-state index in [4.69, 9.17) is 11.5 Å². The summed E-state index contributed by atoms with van der Waals surface area (Å²) in [4.78, 5) is 0. The van der Waals surface area contributed by atoms with E-state index in [2.05, 4.69) is 18.8 Å². The molecule has 0 heterocycles. The van der Waals surface area contributed by atoms with Gasteiger partial charge in [-0.25, -0.2) is 0 Å². The second-order valence-electron chi connectivity index (χ2n) is 3.87. The van der Waals surface area contributed by atoms with Crippen LogP contribution in [0.2, 0.25) is 0 Å². The van der Waals surface area contributed by atoms with E-state index >= 15 is 0 Å². The van der Waals surface area contributed by atoms with Crippen LogP contribution in [-0.2, 0) is 0 Å². The van der Waals surface area contributed by atoms with E-state index in [1.807, 2.05) is 7.05 Å². The Morgan fingerprint density at radius 3 is 2.79 bits per heavy atom. The van der Waals surface area contributed by atoms with Gasteiger partial charge in [0.15, 0.2) is 0 Å². The summed E-state index contributed by atoms with van der Waals surface area (Å²) in [6.45, 7) is 5.90. The molecule has 0 bridgehead atoms. The molecule has 3 heteroatoms. The second-order valence-corrected chi connectivity index (χ2v) is 3.87. The van der Waals surface area contributed by atoms with E-state index < -0.39 is 0 Å². The molecular weight excluding hydrogens is 174 g/mol. The van der Waals surface area contributed by atoms with Gasteiger partial charge in [-0.2, -0.15) is 0 Å². The van der Waals surface area contributed by atoms with Crippen molar-refractivity contribution in [3.63, 3.8) is 0 Å². The van der Waals surface area contributed by atoms with Gasteiger partial charge in [0, 0.05) is 24.4 Å². The number of nitrogens with two attached hydrogens (primary N) is 2. The van der Waals surface area contributed by atoms with Crippen LogP contribution in [0, 0.1) is 5.92 Å². The fourth-order valence-electron chi connectivity index (χ4n) is 2.22.